The number of hydrogen-bond donors (Lipinski definition) is 1. The summed E-state index contributed by atoms with van der Waals surface area (Å²) in [5.41, 5.74) is 0.943. The van der Waals surface area contributed by atoms with Crippen molar-refractivity contribution in [2.75, 3.05) is 11.9 Å². The SMILES string of the molecule is C#CCCCNc1cccc(Br)c1Cl. The fourth-order valence-electron chi connectivity index (χ4n) is 1.05. The molecule has 0 fully saturated rings. The topological polar surface area (TPSA) is 12.0 Å². The maximum absolute atomic E-state index is 6.06. The Hall–Kier alpha value is -0.650. The van der Waals surface area contributed by atoms with Crippen molar-refractivity contribution < 1.29 is 0 Å². The summed E-state index contributed by atoms with van der Waals surface area (Å²) in [5.74, 6) is 2.60. The first kappa shape index (κ1) is 11.4. The first-order valence-corrected chi connectivity index (χ1v) is 5.54. The van der Waals surface area contributed by atoms with E-state index in [0.29, 0.717) is 5.02 Å². The van der Waals surface area contributed by atoms with Gasteiger partial charge >= 0.3 is 0 Å². The fourth-order valence-corrected chi connectivity index (χ4v) is 1.61. The molecule has 1 aromatic carbocycles. The highest BCUT2D eigenvalue weighted by atomic mass is 79.9. The summed E-state index contributed by atoms with van der Waals surface area (Å²) in [6, 6.07) is 5.80. The molecule has 14 heavy (non-hydrogen) atoms. The number of anilines is 1. The third-order valence-corrected chi connectivity index (χ3v) is 3.06. The van der Waals surface area contributed by atoms with Crippen molar-refractivity contribution in [3.8, 4) is 12.3 Å². The largest absolute Gasteiger partial charge is 0.384 e. The second kappa shape index (κ2) is 5.95. The van der Waals surface area contributed by atoms with Crippen molar-refractivity contribution in [1.29, 1.82) is 0 Å². The molecule has 0 aliphatic rings. The van der Waals surface area contributed by atoms with Crippen LogP contribution in [0.4, 0.5) is 5.69 Å². The van der Waals surface area contributed by atoms with E-state index in [4.69, 9.17) is 18.0 Å². The van der Waals surface area contributed by atoms with E-state index >= 15 is 0 Å². The summed E-state index contributed by atoms with van der Waals surface area (Å²) in [5, 5.41) is 3.95. The maximum Gasteiger partial charge on any atom is 0.0779 e. The molecular weight excluding hydrogens is 261 g/mol. The van der Waals surface area contributed by atoms with Gasteiger partial charge in [-0.05, 0) is 34.5 Å². The van der Waals surface area contributed by atoms with Gasteiger partial charge in [0.25, 0.3) is 0 Å². The highest BCUT2D eigenvalue weighted by Gasteiger charge is 2.01. The third-order valence-electron chi connectivity index (χ3n) is 1.76. The van der Waals surface area contributed by atoms with E-state index in [0.717, 1.165) is 29.5 Å². The van der Waals surface area contributed by atoms with E-state index in [2.05, 4.69) is 27.2 Å². The minimum absolute atomic E-state index is 0.716. The van der Waals surface area contributed by atoms with Crippen LogP contribution in [0.5, 0.6) is 0 Å². The second-order valence-electron chi connectivity index (χ2n) is 2.84. The third kappa shape index (κ3) is 3.25. The molecule has 0 aromatic heterocycles. The Balaban J connectivity index is 2.51. The summed E-state index contributed by atoms with van der Waals surface area (Å²) in [6.45, 7) is 0.848. The van der Waals surface area contributed by atoms with Crippen molar-refractivity contribution >= 4 is 33.2 Å². The van der Waals surface area contributed by atoms with Gasteiger partial charge in [0, 0.05) is 17.4 Å². The molecule has 1 aromatic rings. The number of unbranched alkanes of at least 4 members (excludes halogenated alkanes) is 1. The van der Waals surface area contributed by atoms with Gasteiger partial charge in [0.1, 0.15) is 0 Å². The minimum atomic E-state index is 0.716. The van der Waals surface area contributed by atoms with Gasteiger partial charge in [0.15, 0.2) is 0 Å². The fraction of sp³-hybridized carbons (Fsp3) is 0.273. The van der Waals surface area contributed by atoms with Crippen LogP contribution in [0.2, 0.25) is 5.02 Å². The Morgan fingerprint density at radius 3 is 3.00 bits per heavy atom. The Morgan fingerprint density at radius 1 is 1.50 bits per heavy atom. The molecule has 1 N–H and O–H groups in total. The highest BCUT2D eigenvalue weighted by Crippen LogP contribution is 2.29. The number of terminal acetylenes is 1. The Morgan fingerprint density at radius 2 is 2.29 bits per heavy atom. The van der Waals surface area contributed by atoms with E-state index in [1.165, 1.54) is 0 Å². The molecule has 0 bridgehead atoms. The van der Waals surface area contributed by atoms with Gasteiger partial charge in [-0.1, -0.05) is 17.7 Å². The number of rotatable bonds is 4. The van der Waals surface area contributed by atoms with Crippen molar-refractivity contribution in [3.63, 3.8) is 0 Å². The van der Waals surface area contributed by atoms with Crippen LogP contribution in [0.25, 0.3) is 0 Å². The monoisotopic (exact) mass is 271 g/mol. The average Bonchev–Trinajstić information content (AvgIpc) is 2.19. The molecule has 0 aliphatic heterocycles. The number of halogens is 2. The predicted molar refractivity (Wildman–Crippen MR) is 65.7 cm³/mol. The zero-order valence-corrected chi connectivity index (χ0v) is 10.0. The van der Waals surface area contributed by atoms with E-state index in [9.17, 15) is 0 Å². The van der Waals surface area contributed by atoms with Crippen LogP contribution in [0.3, 0.4) is 0 Å². The lowest BCUT2D eigenvalue weighted by molar-refractivity contribution is 0.907. The lowest BCUT2D eigenvalue weighted by atomic mass is 10.3. The van der Waals surface area contributed by atoms with Gasteiger partial charge in [0.2, 0.25) is 0 Å². The van der Waals surface area contributed by atoms with Crippen molar-refractivity contribution in [3.05, 3.63) is 27.7 Å². The average molecular weight is 273 g/mol. The van der Waals surface area contributed by atoms with Crippen LogP contribution in [-0.2, 0) is 0 Å². The summed E-state index contributed by atoms with van der Waals surface area (Å²) >= 11 is 9.42. The normalized spacial score (nSPS) is 9.50. The molecule has 74 valence electrons. The van der Waals surface area contributed by atoms with E-state index in [1.807, 2.05) is 18.2 Å². The first-order chi connectivity index (χ1) is 6.75. The number of benzene rings is 1. The molecule has 0 saturated carbocycles. The highest BCUT2D eigenvalue weighted by molar-refractivity contribution is 9.10. The van der Waals surface area contributed by atoms with Crippen LogP contribution >= 0.6 is 27.5 Å². The molecule has 0 amide bonds. The summed E-state index contributed by atoms with van der Waals surface area (Å²) in [4.78, 5) is 0. The maximum atomic E-state index is 6.06. The molecule has 0 saturated heterocycles. The number of nitrogens with one attached hydrogen (secondary N) is 1. The molecule has 0 unspecified atom stereocenters. The summed E-state index contributed by atoms with van der Waals surface area (Å²) in [6.07, 6.45) is 6.90. The molecule has 0 aliphatic carbocycles. The van der Waals surface area contributed by atoms with Gasteiger partial charge in [-0.3, -0.25) is 0 Å². The van der Waals surface area contributed by atoms with Crippen molar-refractivity contribution in [2.24, 2.45) is 0 Å². The van der Waals surface area contributed by atoms with Gasteiger partial charge < -0.3 is 5.32 Å². The van der Waals surface area contributed by atoms with Crippen molar-refractivity contribution in [1.82, 2.24) is 0 Å². The predicted octanol–water partition coefficient (Wildman–Crippen LogP) is 3.93. The zero-order valence-electron chi connectivity index (χ0n) is 7.69. The van der Waals surface area contributed by atoms with E-state index < -0.39 is 0 Å². The second-order valence-corrected chi connectivity index (χ2v) is 4.07. The minimum Gasteiger partial charge on any atom is -0.384 e. The lowest BCUT2D eigenvalue weighted by Crippen LogP contribution is -2.01. The Bertz CT molecular complexity index is 344. The molecule has 3 heteroatoms. The van der Waals surface area contributed by atoms with Gasteiger partial charge in [-0.2, -0.15) is 0 Å². The molecule has 0 atom stereocenters. The molecule has 1 nitrogen and oxygen atoms in total. The smallest absolute Gasteiger partial charge is 0.0779 e. The summed E-state index contributed by atoms with van der Waals surface area (Å²) < 4.78 is 0.904. The van der Waals surface area contributed by atoms with Crippen LogP contribution in [0.1, 0.15) is 12.8 Å². The van der Waals surface area contributed by atoms with Crippen LogP contribution in [0, 0.1) is 12.3 Å². The Kier molecular flexibility index (Phi) is 4.86. The molecule has 0 radical (unpaired) electrons. The van der Waals surface area contributed by atoms with Gasteiger partial charge in [0.05, 0.1) is 10.7 Å². The van der Waals surface area contributed by atoms with Crippen LogP contribution in [0.15, 0.2) is 22.7 Å². The van der Waals surface area contributed by atoms with Crippen LogP contribution in [-0.4, -0.2) is 6.54 Å². The van der Waals surface area contributed by atoms with Gasteiger partial charge in [-0.15, -0.1) is 12.3 Å². The lowest BCUT2D eigenvalue weighted by Gasteiger charge is -2.08. The first-order valence-electron chi connectivity index (χ1n) is 4.37. The van der Waals surface area contributed by atoms with E-state index in [1.54, 1.807) is 0 Å². The molecular formula is C11H11BrClN. The number of hydrogen-bond acceptors (Lipinski definition) is 1. The van der Waals surface area contributed by atoms with E-state index in [-0.39, 0.29) is 0 Å². The van der Waals surface area contributed by atoms with Crippen LogP contribution < -0.4 is 5.32 Å². The summed E-state index contributed by atoms with van der Waals surface area (Å²) in [7, 11) is 0. The van der Waals surface area contributed by atoms with Crippen molar-refractivity contribution in [2.45, 2.75) is 12.8 Å². The quantitative estimate of drug-likeness (QED) is 0.647. The standard InChI is InChI=1S/C11H11BrClN/c1-2-3-4-8-14-10-7-5-6-9(12)11(10)13/h1,5-7,14H,3-4,8H2. The van der Waals surface area contributed by atoms with Gasteiger partial charge in [-0.25, -0.2) is 0 Å². The molecule has 0 heterocycles. The zero-order chi connectivity index (χ0) is 10.4. The Labute approximate surface area is 98.0 Å². The molecule has 1 rings (SSSR count). The molecule has 0 spiro atoms.